The van der Waals surface area contributed by atoms with Crippen molar-refractivity contribution in [1.29, 1.82) is 0 Å². The van der Waals surface area contributed by atoms with Crippen LogP contribution in [-0.4, -0.2) is 29.1 Å². The Hall–Kier alpha value is -9.14. The Morgan fingerprint density at radius 1 is 0.400 bits per heavy atom. The van der Waals surface area contributed by atoms with Gasteiger partial charge in [0.25, 0.3) is 0 Å². The van der Waals surface area contributed by atoms with Crippen molar-refractivity contribution in [1.82, 2.24) is 29.1 Å². The number of rotatable bonds is 12. The molecule has 394 valence electrons. The van der Waals surface area contributed by atoms with Gasteiger partial charge in [0.1, 0.15) is 34.3 Å². The molecule has 0 N–H and O–H groups in total. The lowest BCUT2D eigenvalue weighted by Gasteiger charge is -2.24. The predicted molar refractivity (Wildman–Crippen MR) is 330 cm³/mol. The molecule has 0 amide bonds. The zero-order valence-corrected chi connectivity index (χ0v) is 47.1. The Bertz CT molecular complexity index is 4480. The van der Waals surface area contributed by atoms with E-state index in [1.165, 1.54) is 50.2 Å². The van der Waals surface area contributed by atoms with E-state index in [1.54, 1.807) is 0 Å². The summed E-state index contributed by atoms with van der Waals surface area (Å²) in [6, 6.07) is 64.5. The molecule has 8 aromatic carbocycles. The summed E-state index contributed by atoms with van der Waals surface area (Å²) >= 11 is 0. The quantitative estimate of drug-likeness (QED) is 0.121. The standard InChI is InChI=1S/C72H64N6O2/c1-41(2)55-35-50(47-22-13-11-14-23-47)36-56(42(3)4)66(55)77-63-30-19-17-28-61(63)75-71(77)49-26-21-27-52(34-49)79-53-39-59-65-46(10)74-70-54(33-32-45(9)73-70)69(65)80-68(59)60(40-53)72-76-62-29-18-20-31-64(62)78(72)67-57(43(5)6)37-51(38-58(67)44(7)8)48-24-15-12-16-25-48/h11-44H,1-10H3. The number of imidazole rings is 2. The van der Waals surface area contributed by atoms with Crippen LogP contribution in [0, 0.1) is 13.8 Å². The molecular formula is C72H64N6O2. The van der Waals surface area contributed by atoms with Gasteiger partial charge in [-0.3, -0.25) is 9.13 Å². The fourth-order valence-corrected chi connectivity index (χ4v) is 11.9. The third-order valence-electron chi connectivity index (χ3n) is 15.8. The fourth-order valence-electron chi connectivity index (χ4n) is 11.9. The minimum Gasteiger partial charge on any atom is -0.457 e. The Kier molecular flexibility index (Phi) is 12.6. The van der Waals surface area contributed by atoms with Gasteiger partial charge < -0.3 is 9.15 Å². The SMILES string of the molecule is Cc1ccc2c(n1)nc(C)c1c3cc(Oc4cccc(-c5nc6ccccc6n5-c5c(C(C)C)cc(-c6ccccc6)cc5C(C)C)c4)cc(-c4nc5ccccc5n4-c4c(C(C)C)cc(-c5ccccc5)cc4C(C)C)c3oc21. The number of fused-ring (bicyclic) bond motifs is 7. The minimum absolute atomic E-state index is 0.181. The lowest BCUT2D eigenvalue weighted by Crippen LogP contribution is -2.09. The van der Waals surface area contributed by atoms with Crippen LogP contribution in [0.2, 0.25) is 0 Å². The Balaban J connectivity index is 1.03. The molecule has 80 heavy (non-hydrogen) atoms. The zero-order valence-electron chi connectivity index (χ0n) is 47.1. The molecule has 5 aromatic heterocycles. The molecule has 0 fully saturated rings. The number of hydrogen-bond acceptors (Lipinski definition) is 6. The summed E-state index contributed by atoms with van der Waals surface area (Å²) in [7, 11) is 0. The molecule has 8 nitrogen and oxygen atoms in total. The molecule has 0 aliphatic carbocycles. The number of pyridine rings is 2. The van der Waals surface area contributed by atoms with E-state index in [-0.39, 0.29) is 23.7 Å². The van der Waals surface area contributed by atoms with Gasteiger partial charge in [0, 0.05) is 16.6 Å². The highest BCUT2D eigenvalue weighted by molar-refractivity contribution is 6.17. The van der Waals surface area contributed by atoms with Crippen molar-refractivity contribution >= 4 is 55.0 Å². The number of aromatic nitrogens is 6. The highest BCUT2D eigenvalue weighted by atomic mass is 16.5. The molecule has 0 bridgehead atoms. The van der Waals surface area contributed by atoms with Gasteiger partial charge in [0.05, 0.1) is 55.5 Å². The summed E-state index contributed by atoms with van der Waals surface area (Å²) in [6.07, 6.45) is 0. The Labute approximate surface area is 467 Å². The Morgan fingerprint density at radius 2 is 0.900 bits per heavy atom. The molecule has 0 unspecified atom stereocenters. The van der Waals surface area contributed by atoms with Gasteiger partial charge in [0.15, 0.2) is 5.65 Å². The molecule has 5 heterocycles. The summed E-state index contributed by atoms with van der Waals surface area (Å²) in [5, 5.41) is 2.64. The van der Waals surface area contributed by atoms with Crippen LogP contribution in [0.3, 0.4) is 0 Å². The normalized spacial score (nSPS) is 12.1. The van der Waals surface area contributed by atoms with Crippen LogP contribution < -0.4 is 4.74 Å². The highest BCUT2D eigenvalue weighted by Gasteiger charge is 2.29. The molecule has 0 aliphatic heterocycles. The first-order chi connectivity index (χ1) is 38.8. The maximum Gasteiger partial charge on any atom is 0.163 e. The number of nitrogens with zero attached hydrogens (tertiary/aromatic N) is 6. The van der Waals surface area contributed by atoms with Gasteiger partial charge in [-0.05, 0) is 167 Å². The molecule has 0 radical (unpaired) electrons. The van der Waals surface area contributed by atoms with Crippen molar-refractivity contribution in [3.8, 4) is 67.9 Å². The van der Waals surface area contributed by atoms with Crippen molar-refractivity contribution < 1.29 is 9.15 Å². The van der Waals surface area contributed by atoms with E-state index in [0.717, 1.165) is 83.7 Å². The van der Waals surface area contributed by atoms with E-state index >= 15 is 0 Å². The number of hydrogen-bond donors (Lipinski definition) is 0. The molecule has 0 saturated heterocycles. The van der Waals surface area contributed by atoms with Gasteiger partial charge in [-0.25, -0.2) is 19.9 Å². The van der Waals surface area contributed by atoms with Crippen molar-refractivity contribution in [2.45, 2.75) is 92.9 Å². The van der Waals surface area contributed by atoms with Gasteiger partial charge in [-0.1, -0.05) is 152 Å². The van der Waals surface area contributed by atoms with E-state index in [4.69, 9.17) is 29.1 Å². The van der Waals surface area contributed by atoms with Gasteiger partial charge >= 0.3 is 0 Å². The topological polar surface area (TPSA) is 83.8 Å². The monoisotopic (exact) mass is 1040 g/mol. The molecule has 0 spiro atoms. The van der Waals surface area contributed by atoms with E-state index in [9.17, 15) is 0 Å². The van der Waals surface area contributed by atoms with Gasteiger partial charge in [-0.2, -0.15) is 0 Å². The highest BCUT2D eigenvalue weighted by Crippen LogP contribution is 2.47. The first-order valence-corrected chi connectivity index (χ1v) is 28.1. The number of furan rings is 1. The average molecular weight is 1050 g/mol. The molecule has 8 heteroatoms. The van der Waals surface area contributed by atoms with Crippen molar-refractivity contribution in [3.63, 3.8) is 0 Å². The number of benzene rings is 8. The first-order valence-electron chi connectivity index (χ1n) is 28.1. The van der Waals surface area contributed by atoms with Crippen LogP contribution in [0.15, 0.2) is 186 Å². The molecule has 0 atom stereocenters. The van der Waals surface area contributed by atoms with Crippen molar-refractivity contribution in [2.75, 3.05) is 0 Å². The third kappa shape index (κ3) is 8.61. The minimum atomic E-state index is 0.181. The second kappa shape index (κ2) is 19.9. The molecule has 13 rings (SSSR count). The maximum atomic E-state index is 7.24. The number of para-hydroxylation sites is 4. The van der Waals surface area contributed by atoms with E-state index in [0.29, 0.717) is 22.7 Å². The summed E-state index contributed by atoms with van der Waals surface area (Å²) in [4.78, 5) is 21.0. The number of ether oxygens (including phenoxy) is 1. The van der Waals surface area contributed by atoms with Crippen LogP contribution in [0.4, 0.5) is 0 Å². The summed E-state index contributed by atoms with van der Waals surface area (Å²) in [5.74, 6) is 3.71. The lowest BCUT2D eigenvalue weighted by atomic mass is 9.88. The predicted octanol–water partition coefficient (Wildman–Crippen LogP) is 19.8. The second-order valence-electron chi connectivity index (χ2n) is 22.7. The molecular weight excluding hydrogens is 981 g/mol. The van der Waals surface area contributed by atoms with Gasteiger partial charge in [-0.15, -0.1) is 0 Å². The van der Waals surface area contributed by atoms with E-state index in [2.05, 4.69) is 234 Å². The Morgan fingerprint density at radius 3 is 1.45 bits per heavy atom. The zero-order chi connectivity index (χ0) is 55.1. The smallest absolute Gasteiger partial charge is 0.163 e. The van der Waals surface area contributed by atoms with Crippen LogP contribution in [0.5, 0.6) is 11.5 Å². The van der Waals surface area contributed by atoms with Crippen molar-refractivity contribution in [2.24, 2.45) is 0 Å². The average Bonchev–Trinajstić information content (AvgIpc) is 4.00. The largest absolute Gasteiger partial charge is 0.457 e. The fraction of sp³-hybridized carbons (Fsp3) is 0.194. The van der Waals surface area contributed by atoms with Crippen molar-refractivity contribution in [3.05, 3.63) is 216 Å². The molecule has 0 saturated carbocycles. The van der Waals surface area contributed by atoms with E-state index in [1.807, 2.05) is 26.0 Å². The lowest BCUT2D eigenvalue weighted by molar-refractivity contribution is 0.483. The van der Waals surface area contributed by atoms with Crippen LogP contribution in [0.1, 0.15) is 113 Å². The maximum absolute atomic E-state index is 7.24. The van der Waals surface area contributed by atoms with Crippen LogP contribution in [-0.2, 0) is 0 Å². The molecule has 0 aliphatic rings. The summed E-state index contributed by atoms with van der Waals surface area (Å²) in [5.41, 5.74) is 21.5. The van der Waals surface area contributed by atoms with Crippen LogP contribution >= 0.6 is 0 Å². The summed E-state index contributed by atoms with van der Waals surface area (Å²) in [6.45, 7) is 22.4. The second-order valence-corrected chi connectivity index (χ2v) is 22.7. The van der Waals surface area contributed by atoms with E-state index < -0.39 is 0 Å². The number of aryl methyl sites for hydroxylation is 2. The van der Waals surface area contributed by atoms with Gasteiger partial charge in [0.2, 0.25) is 0 Å². The molecule has 13 aromatic rings. The van der Waals surface area contributed by atoms with Crippen LogP contribution in [0.25, 0.3) is 111 Å². The first kappa shape index (κ1) is 50.4. The summed E-state index contributed by atoms with van der Waals surface area (Å²) < 4.78 is 19.2. The third-order valence-corrected chi connectivity index (χ3v) is 15.8.